The maximum absolute atomic E-state index is 5.50. The number of aromatic nitrogens is 4. The molecule has 2 aromatic heterocycles. The van der Waals surface area contributed by atoms with Crippen molar-refractivity contribution in [3.63, 3.8) is 0 Å². The van der Waals surface area contributed by atoms with E-state index in [-0.39, 0.29) is 0 Å². The Hall–Kier alpha value is -2.67. The number of thiocarbonyl (C=S) groups is 1. The lowest BCUT2D eigenvalue weighted by Crippen LogP contribution is -2.28. The van der Waals surface area contributed by atoms with Gasteiger partial charge in [-0.15, -0.1) is 0 Å². The predicted octanol–water partition coefficient (Wildman–Crippen LogP) is 3.87. The van der Waals surface area contributed by atoms with E-state index >= 15 is 0 Å². The van der Waals surface area contributed by atoms with Crippen LogP contribution < -0.4 is 10.6 Å². The van der Waals surface area contributed by atoms with E-state index in [1.807, 2.05) is 22.5 Å². The van der Waals surface area contributed by atoms with Crippen molar-refractivity contribution in [1.82, 2.24) is 24.9 Å². The Balaban J connectivity index is 1.65. The third-order valence-corrected chi connectivity index (χ3v) is 5.26. The molecule has 0 saturated heterocycles. The third-order valence-electron chi connectivity index (χ3n) is 5.02. The fourth-order valence-electron chi connectivity index (χ4n) is 3.21. The van der Waals surface area contributed by atoms with Gasteiger partial charge in [0.15, 0.2) is 5.11 Å². The highest BCUT2D eigenvalue weighted by molar-refractivity contribution is 7.80. The van der Waals surface area contributed by atoms with Gasteiger partial charge in [-0.1, -0.05) is 29.8 Å². The van der Waals surface area contributed by atoms with Crippen LogP contribution in [0.4, 0.5) is 5.69 Å². The molecule has 0 fully saturated rings. The largest absolute Gasteiger partial charge is 0.358 e. The highest BCUT2D eigenvalue weighted by atomic mass is 32.1. The Morgan fingerprint density at radius 1 is 1.04 bits per heavy atom. The smallest absolute Gasteiger partial charge is 0.171 e. The number of hydrogen-bond donors (Lipinski definition) is 2. The summed E-state index contributed by atoms with van der Waals surface area (Å²) >= 11 is 5.50. The minimum Gasteiger partial charge on any atom is -0.358 e. The summed E-state index contributed by atoms with van der Waals surface area (Å²) < 4.78 is 4.00. The molecular formula is C21H28N6S. The third kappa shape index (κ3) is 4.42. The zero-order valence-corrected chi connectivity index (χ0v) is 18.0. The lowest BCUT2D eigenvalue weighted by Gasteiger charge is -2.11. The number of nitrogens with zero attached hydrogens (tertiary/aromatic N) is 4. The zero-order chi connectivity index (χ0) is 20.3. The monoisotopic (exact) mass is 396 g/mol. The fourth-order valence-corrected chi connectivity index (χ4v) is 3.38. The maximum atomic E-state index is 5.50. The molecule has 0 unspecified atom stereocenters. The van der Waals surface area contributed by atoms with Crippen LogP contribution in [-0.2, 0) is 19.6 Å². The minimum absolute atomic E-state index is 0.588. The summed E-state index contributed by atoms with van der Waals surface area (Å²) in [6, 6.07) is 8.54. The first-order chi connectivity index (χ1) is 13.4. The highest BCUT2D eigenvalue weighted by Gasteiger charge is 2.13. The van der Waals surface area contributed by atoms with Crippen molar-refractivity contribution in [3.8, 4) is 0 Å². The summed E-state index contributed by atoms with van der Waals surface area (Å²) in [7, 11) is 0. The van der Waals surface area contributed by atoms with E-state index < -0.39 is 0 Å². The van der Waals surface area contributed by atoms with Crippen LogP contribution in [0.5, 0.6) is 0 Å². The van der Waals surface area contributed by atoms with Crippen molar-refractivity contribution in [2.75, 3.05) is 5.32 Å². The molecule has 0 saturated carbocycles. The predicted molar refractivity (Wildman–Crippen MR) is 118 cm³/mol. The quantitative estimate of drug-likeness (QED) is 0.620. The molecule has 2 N–H and O–H groups in total. The molecular weight excluding hydrogens is 368 g/mol. The second-order valence-electron chi connectivity index (χ2n) is 7.07. The standard InChI is InChI=1S/C21H28N6S/c1-6-26-16(4)19(12-23-26)11-22-21(28)24-20-15(3)25-27(17(20)5)13-18-9-7-14(2)8-10-18/h7-10,12H,6,11,13H2,1-5H3,(H2,22,24,28). The van der Waals surface area contributed by atoms with Crippen molar-refractivity contribution in [1.29, 1.82) is 0 Å². The van der Waals surface area contributed by atoms with Gasteiger partial charge in [-0.2, -0.15) is 10.2 Å². The first-order valence-corrected chi connectivity index (χ1v) is 9.95. The molecule has 2 heterocycles. The number of rotatable bonds is 6. The lowest BCUT2D eigenvalue weighted by molar-refractivity contribution is 0.638. The molecule has 7 heteroatoms. The fraction of sp³-hybridized carbons (Fsp3) is 0.381. The summed E-state index contributed by atoms with van der Waals surface area (Å²) in [5.41, 5.74) is 7.76. The SMILES string of the molecule is CCn1ncc(CNC(=S)Nc2c(C)nn(Cc3ccc(C)cc3)c2C)c1C. The Morgan fingerprint density at radius 3 is 2.39 bits per heavy atom. The van der Waals surface area contributed by atoms with Crippen LogP contribution in [0.15, 0.2) is 30.5 Å². The molecule has 28 heavy (non-hydrogen) atoms. The average molecular weight is 397 g/mol. The Labute approximate surface area is 172 Å². The Bertz CT molecular complexity index is 968. The summed E-state index contributed by atoms with van der Waals surface area (Å²) in [4.78, 5) is 0. The second-order valence-corrected chi connectivity index (χ2v) is 7.48. The number of aryl methyl sites for hydroxylation is 3. The number of anilines is 1. The van der Waals surface area contributed by atoms with E-state index in [2.05, 4.69) is 72.8 Å². The van der Waals surface area contributed by atoms with Gasteiger partial charge in [0.25, 0.3) is 0 Å². The normalized spacial score (nSPS) is 10.9. The van der Waals surface area contributed by atoms with Crippen LogP contribution in [0.25, 0.3) is 0 Å². The number of benzene rings is 1. The summed E-state index contributed by atoms with van der Waals surface area (Å²) in [6.45, 7) is 12.6. The molecule has 6 nitrogen and oxygen atoms in total. The minimum atomic E-state index is 0.588. The van der Waals surface area contributed by atoms with Crippen molar-refractivity contribution in [2.24, 2.45) is 0 Å². The first kappa shape index (κ1) is 20.1. The van der Waals surface area contributed by atoms with Crippen molar-refractivity contribution >= 4 is 23.0 Å². The molecule has 0 aliphatic heterocycles. The van der Waals surface area contributed by atoms with Gasteiger partial charge in [-0.05, 0) is 52.4 Å². The molecule has 0 bridgehead atoms. The molecule has 0 spiro atoms. The van der Waals surface area contributed by atoms with Gasteiger partial charge in [0, 0.05) is 24.3 Å². The van der Waals surface area contributed by atoms with Crippen LogP contribution in [0, 0.1) is 27.7 Å². The molecule has 3 rings (SSSR count). The summed E-state index contributed by atoms with van der Waals surface area (Å²) in [5, 5.41) is 16.2. The number of nitrogens with one attached hydrogen (secondary N) is 2. The molecule has 0 radical (unpaired) electrons. The maximum Gasteiger partial charge on any atom is 0.171 e. The Kier molecular flexibility index (Phi) is 6.14. The highest BCUT2D eigenvalue weighted by Crippen LogP contribution is 2.20. The van der Waals surface area contributed by atoms with Gasteiger partial charge in [0.1, 0.15) is 0 Å². The molecule has 3 aromatic rings. The van der Waals surface area contributed by atoms with Crippen LogP contribution >= 0.6 is 12.2 Å². The van der Waals surface area contributed by atoms with Gasteiger partial charge >= 0.3 is 0 Å². The second kappa shape index (κ2) is 8.56. The van der Waals surface area contributed by atoms with Crippen LogP contribution in [0.2, 0.25) is 0 Å². The summed E-state index contributed by atoms with van der Waals surface area (Å²) in [6.07, 6.45) is 1.89. The van der Waals surface area contributed by atoms with E-state index in [1.54, 1.807) is 0 Å². The van der Waals surface area contributed by atoms with Crippen LogP contribution in [0.1, 0.15) is 40.7 Å². The molecule has 0 atom stereocenters. The van der Waals surface area contributed by atoms with Crippen molar-refractivity contribution in [2.45, 2.75) is 54.3 Å². The first-order valence-electron chi connectivity index (χ1n) is 9.54. The van der Waals surface area contributed by atoms with E-state index in [0.29, 0.717) is 11.7 Å². The van der Waals surface area contributed by atoms with Crippen LogP contribution in [-0.4, -0.2) is 24.7 Å². The van der Waals surface area contributed by atoms with Crippen LogP contribution in [0.3, 0.4) is 0 Å². The van der Waals surface area contributed by atoms with Gasteiger partial charge in [-0.3, -0.25) is 9.36 Å². The van der Waals surface area contributed by atoms with E-state index in [9.17, 15) is 0 Å². The lowest BCUT2D eigenvalue weighted by atomic mass is 10.1. The Morgan fingerprint density at radius 2 is 1.75 bits per heavy atom. The van der Waals surface area contributed by atoms with Gasteiger partial charge < -0.3 is 10.6 Å². The van der Waals surface area contributed by atoms with E-state index in [4.69, 9.17) is 12.2 Å². The van der Waals surface area contributed by atoms with Gasteiger partial charge in [0.2, 0.25) is 0 Å². The molecule has 1 aromatic carbocycles. The van der Waals surface area contributed by atoms with Gasteiger partial charge in [0.05, 0.1) is 29.8 Å². The molecule has 0 amide bonds. The molecule has 0 aliphatic rings. The average Bonchev–Trinajstić information content (AvgIpc) is 3.16. The molecule has 0 aliphatic carbocycles. The van der Waals surface area contributed by atoms with Crippen molar-refractivity contribution in [3.05, 3.63) is 64.2 Å². The van der Waals surface area contributed by atoms with E-state index in [1.165, 1.54) is 11.1 Å². The molecule has 148 valence electrons. The number of hydrogen-bond acceptors (Lipinski definition) is 3. The summed E-state index contributed by atoms with van der Waals surface area (Å²) in [5.74, 6) is 0. The topological polar surface area (TPSA) is 59.7 Å². The van der Waals surface area contributed by atoms with E-state index in [0.717, 1.165) is 41.4 Å². The zero-order valence-electron chi connectivity index (χ0n) is 17.2. The van der Waals surface area contributed by atoms with Crippen molar-refractivity contribution < 1.29 is 0 Å². The van der Waals surface area contributed by atoms with Gasteiger partial charge in [-0.25, -0.2) is 0 Å².